The average Bonchev–Trinajstić information content (AvgIpc) is 2.73. The van der Waals surface area contributed by atoms with Crippen LogP contribution in [0.3, 0.4) is 0 Å². The second kappa shape index (κ2) is 4.35. The zero-order valence-corrected chi connectivity index (χ0v) is 9.81. The lowest BCUT2D eigenvalue weighted by Crippen LogP contribution is -2.10. The summed E-state index contributed by atoms with van der Waals surface area (Å²) in [7, 11) is 0. The molecule has 17 heavy (non-hydrogen) atoms. The Kier molecular flexibility index (Phi) is 3.04. The lowest BCUT2D eigenvalue weighted by molar-refractivity contribution is 0.0995. The molecule has 0 aliphatic rings. The van der Waals surface area contributed by atoms with Crippen LogP contribution >= 0.6 is 23.2 Å². The number of carbonyl (C=O) groups excluding carboxylic acids is 1. The fourth-order valence-corrected chi connectivity index (χ4v) is 1.90. The third kappa shape index (κ3) is 2.11. The summed E-state index contributed by atoms with van der Waals surface area (Å²) in [5.41, 5.74) is 5.63. The molecule has 0 bridgehead atoms. The van der Waals surface area contributed by atoms with Crippen LogP contribution in [0, 0.1) is 5.82 Å². The molecule has 4 nitrogen and oxygen atoms in total. The van der Waals surface area contributed by atoms with Gasteiger partial charge in [0.2, 0.25) is 0 Å². The number of halogens is 3. The van der Waals surface area contributed by atoms with Crippen LogP contribution in [0.25, 0.3) is 11.3 Å². The standard InChI is InChI=1S/C10H6Cl2FN3O/c11-4-1-2-5(13)9(12)8(4)6-3-7(10(14)17)16-15-6/h1-3H,(H2,14,17)(H,15,16). The Morgan fingerprint density at radius 2 is 2.12 bits per heavy atom. The van der Waals surface area contributed by atoms with Crippen molar-refractivity contribution < 1.29 is 9.18 Å². The molecule has 0 saturated carbocycles. The van der Waals surface area contributed by atoms with Crippen LogP contribution in [-0.4, -0.2) is 16.1 Å². The normalized spacial score (nSPS) is 10.5. The zero-order valence-electron chi connectivity index (χ0n) is 8.30. The second-order valence-corrected chi connectivity index (χ2v) is 4.03. The molecule has 0 unspecified atom stereocenters. The first-order valence-electron chi connectivity index (χ1n) is 4.49. The van der Waals surface area contributed by atoms with Crippen molar-refractivity contribution in [2.45, 2.75) is 0 Å². The van der Waals surface area contributed by atoms with Gasteiger partial charge < -0.3 is 5.73 Å². The predicted molar refractivity (Wildman–Crippen MR) is 62.5 cm³/mol. The number of nitrogens with two attached hydrogens (primary N) is 1. The first kappa shape index (κ1) is 11.9. The van der Waals surface area contributed by atoms with Crippen LogP contribution in [0.2, 0.25) is 10.0 Å². The smallest absolute Gasteiger partial charge is 0.266 e. The summed E-state index contributed by atoms with van der Waals surface area (Å²) < 4.78 is 13.3. The van der Waals surface area contributed by atoms with Crippen molar-refractivity contribution in [3.05, 3.63) is 39.8 Å². The monoisotopic (exact) mass is 273 g/mol. The van der Waals surface area contributed by atoms with Crippen molar-refractivity contribution >= 4 is 29.1 Å². The number of primary amides is 1. The van der Waals surface area contributed by atoms with E-state index in [2.05, 4.69) is 10.2 Å². The Hall–Kier alpha value is -1.59. The number of aromatic amines is 1. The Morgan fingerprint density at radius 3 is 2.71 bits per heavy atom. The number of rotatable bonds is 2. The van der Waals surface area contributed by atoms with E-state index in [1.807, 2.05) is 0 Å². The van der Waals surface area contributed by atoms with Gasteiger partial charge in [-0.15, -0.1) is 0 Å². The van der Waals surface area contributed by atoms with E-state index >= 15 is 0 Å². The molecule has 0 saturated heterocycles. The van der Waals surface area contributed by atoms with Gasteiger partial charge in [0.15, 0.2) is 0 Å². The number of carbonyl (C=O) groups is 1. The second-order valence-electron chi connectivity index (χ2n) is 3.25. The topological polar surface area (TPSA) is 71.8 Å². The molecule has 0 radical (unpaired) electrons. The number of hydrogen-bond acceptors (Lipinski definition) is 2. The van der Waals surface area contributed by atoms with Crippen molar-refractivity contribution in [2.24, 2.45) is 5.73 Å². The number of nitrogens with zero attached hydrogens (tertiary/aromatic N) is 1. The molecule has 1 amide bonds. The number of H-pyrrole nitrogens is 1. The molecule has 7 heteroatoms. The van der Waals surface area contributed by atoms with E-state index in [9.17, 15) is 9.18 Å². The molecule has 1 heterocycles. The molecule has 0 aliphatic heterocycles. The summed E-state index contributed by atoms with van der Waals surface area (Å²) in [6, 6.07) is 3.86. The van der Waals surface area contributed by atoms with Crippen LogP contribution in [0.1, 0.15) is 10.5 Å². The number of benzene rings is 1. The largest absolute Gasteiger partial charge is 0.364 e. The van der Waals surface area contributed by atoms with E-state index in [0.29, 0.717) is 0 Å². The van der Waals surface area contributed by atoms with E-state index in [1.54, 1.807) is 0 Å². The molecule has 0 atom stereocenters. The summed E-state index contributed by atoms with van der Waals surface area (Å²) in [6.07, 6.45) is 0. The van der Waals surface area contributed by atoms with Crippen LogP contribution in [0.5, 0.6) is 0 Å². The van der Waals surface area contributed by atoms with Crippen LogP contribution in [-0.2, 0) is 0 Å². The Morgan fingerprint density at radius 1 is 1.41 bits per heavy atom. The highest BCUT2D eigenvalue weighted by Gasteiger charge is 2.16. The molecule has 0 spiro atoms. The summed E-state index contributed by atoms with van der Waals surface area (Å²) in [5, 5.41) is 6.30. The lowest BCUT2D eigenvalue weighted by Gasteiger charge is -2.03. The molecule has 0 aliphatic carbocycles. The number of nitrogens with one attached hydrogen (secondary N) is 1. The van der Waals surface area contributed by atoms with Crippen molar-refractivity contribution in [1.82, 2.24) is 10.2 Å². The van der Waals surface area contributed by atoms with E-state index < -0.39 is 11.7 Å². The van der Waals surface area contributed by atoms with Gasteiger partial charge >= 0.3 is 0 Å². The minimum atomic E-state index is -0.674. The molecule has 88 valence electrons. The molecular formula is C10H6Cl2FN3O. The highest BCUT2D eigenvalue weighted by Crippen LogP contribution is 2.35. The highest BCUT2D eigenvalue weighted by atomic mass is 35.5. The van der Waals surface area contributed by atoms with Gasteiger partial charge in [-0.3, -0.25) is 9.89 Å². The first-order valence-corrected chi connectivity index (χ1v) is 5.25. The maximum atomic E-state index is 13.3. The number of aromatic nitrogens is 2. The van der Waals surface area contributed by atoms with Gasteiger partial charge in [-0.25, -0.2) is 4.39 Å². The third-order valence-corrected chi connectivity index (χ3v) is 2.83. The zero-order chi connectivity index (χ0) is 12.6. The minimum absolute atomic E-state index is 0.0939. The van der Waals surface area contributed by atoms with E-state index in [0.717, 1.165) is 6.07 Å². The minimum Gasteiger partial charge on any atom is -0.364 e. The van der Waals surface area contributed by atoms with Gasteiger partial charge in [-0.2, -0.15) is 5.10 Å². The summed E-state index contributed by atoms with van der Waals surface area (Å²) >= 11 is 11.7. The maximum absolute atomic E-state index is 13.3. The van der Waals surface area contributed by atoms with Gasteiger partial charge in [0, 0.05) is 5.56 Å². The third-order valence-electron chi connectivity index (χ3n) is 2.14. The Balaban J connectivity index is 2.60. The highest BCUT2D eigenvalue weighted by molar-refractivity contribution is 6.39. The number of amides is 1. The summed E-state index contributed by atoms with van der Waals surface area (Å²) in [5.74, 6) is -1.29. The summed E-state index contributed by atoms with van der Waals surface area (Å²) in [6.45, 7) is 0. The maximum Gasteiger partial charge on any atom is 0.266 e. The van der Waals surface area contributed by atoms with Crippen molar-refractivity contribution in [3.63, 3.8) is 0 Å². The van der Waals surface area contributed by atoms with Crippen molar-refractivity contribution in [1.29, 1.82) is 0 Å². The fourth-order valence-electron chi connectivity index (χ4n) is 1.34. The Labute approximate surface area is 106 Å². The molecule has 0 fully saturated rings. The molecule has 1 aromatic heterocycles. The van der Waals surface area contributed by atoms with Gasteiger partial charge in [0.1, 0.15) is 11.5 Å². The Bertz CT molecular complexity index is 597. The van der Waals surface area contributed by atoms with Crippen LogP contribution < -0.4 is 5.73 Å². The number of hydrogen-bond donors (Lipinski definition) is 2. The predicted octanol–water partition coefficient (Wildman–Crippen LogP) is 2.62. The van der Waals surface area contributed by atoms with Crippen LogP contribution in [0.15, 0.2) is 18.2 Å². The average molecular weight is 274 g/mol. The van der Waals surface area contributed by atoms with Gasteiger partial charge in [0.05, 0.1) is 15.7 Å². The van der Waals surface area contributed by atoms with Gasteiger partial charge in [0.25, 0.3) is 5.91 Å². The molecule has 3 N–H and O–H groups in total. The lowest BCUT2D eigenvalue weighted by atomic mass is 10.1. The molecule has 2 aromatic rings. The SMILES string of the molecule is NC(=O)c1cc(-c2c(Cl)ccc(F)c2Cl)n[nH]1. The van der Waals surface area contributed by atoms with E-state index in [4.69, 9.17) is 28.9 Å². The quantitative estimate of drug-likeness (QED) is 0.826. The fraction of sp³-hybridized carbons (Fsp3) is 0. The van der Waals surface area contributed by atoms with Crippen molar-refractivity contribution in [3.8, 4) is 11.3 Å². The van der Waals surface area contributed by atoms with Crippen LogP contribution in [0.4, 0.5) is 4.39 Å². The molecule has 1 aromatic carbocycles. The van der Waals surface area contributed by atoms with E-state index in [-0.39, 0.29) is 27.0 Å². The molecular weight excluding hydrogens is 268 g/mol. The molecule has 2 rings (SSSR count). The first-order chi connectivity index (χ1) is 8.00. The van der Waals surface area contributed by atoms with Gasteiger partial charge in [-0.1, -0.05) is 23.2 Å². The van der Waals surface area contributed by atoms with Crippen molar-refractivity contribution in [2.75, 3.05) is 0 Å². The summed E-state index contributed by atoms with van der Waals surface area (Å²) in [4.78, 5) is 10.9. The van der Waals surface area contributed by atoms with E-state index in [1.165, 1.54) is 12.1 Å². The van der Waals surface area contributed by atoms with Gasteiger partial charge in [-0.05, 0) is 18.2 Å².